The highest BCUT2D eigenvalue weighted by molar-refractivity contribution is 7.80. The van der Waals surface area contributed by atoms with Crippen LogP contribution in [-0.4, -0.2) is 166 Å². The van der Waals surface area contributed by atoms with Gasteiger partial charge in [-0.05, 0) is 55.2 Å². The molecule has 10 amide bonds. The Balaban J connectivity index is 2.32. The van der Waals surface area contributed by atoms with Gasteiger partial charge in [0.25, 0.3) is 0 Å². The lowest BCUT2D eigenvalue weighted by atomic mass is 9.96. The zero-order valence-electron chi connectivity index (χ0n) is 41.1. The second-order valence-corrected chi connectivity index (χ2v) is 18.5. The van der Waals surface area contributed by atoms with Gasteiger partial charge in [-0.2, -0.15) is 25.3 Å². The number of phenols is 1. The van der Waals surface area contributed by atoms with E-state index in [0.717, 1.165) is 4.90 Å². The fourth-order valence-electron chi connectivity index (χ4n) is 7.30. The van der Waals surface area contributed by atoms with Crippen molar-refractivity contribution < 1.29 is 72.5 Å². The van der Waals surface area contributed by atoms with Gasteiger partial charge in [0, 0.05) is 30.9 Å². The summed E-state index contributed by atoms with van der Waals surface area (Å²) in [6, 6.07) is -5.21. The third kappa shape index (κ3) is 21.5. The molecule has 0 aliphatic carbocycles. The molecular formula is C45H69N11O15S2. The van der Waals surface area contributed by atoms with Crippen LogP contribution < -0.4 is 54.4 Å². The Morgan fingerprint density at radius 3 is 1.89 bits per heavy atom. The molecule has 28 heteroatoms. The molecule has 1 aromatic carbocycles. The number of carboxylic acid groups (broad SMARTS) is 1. The summed E-state index contributed by atoms with van der Waals surface area (Å²) in [7, 11) is 0. The monoisotopic (exact) mass is 1070 g/mol. The summed E-state index contributed by atoms with van der Waals surface area (Å²) < 4.78 is 4.51. The number of carboxylic acids is 1. The number of hydrogen-bond donors (Lipinski definition) is 14. The minimum atomic E-state index is -1.79. The Labute approximate surface area is 432 Å². The lowest BCUT2D eigenvalue weighted by Gasteiger charge is -2.30. The Bertz CT molecular complexity index is 2150. The van der Waals surface area contributed by atoms with Gasteiger partial charge < -0.3 is 74.3 Å². The molecule has 0 spiro atoms. The second-order valence-electron chi connectivity index (χ2n) is 17.8. The quantitative estimate of drug-likeness (QED) is 0.0249. The van der Waals surface area contributed by atoms with Gasteiger partial charge in [-0.25, -0.2) is 4.79 Å². The van der Waals surface area contributed by atoms with E-state index in [1.54, 1.807) is 27.7 Å². The van der Waals surface area contributed by atoms with Gasteiger partial charge in [-0.15, -0.1) is 0 Å². The number of thiol groups is 2. The standard InChI is InChI=1S/C45H69N11O15S2/c1-5-23(4)37(55-42(67)29(51-38(63)26(46)20-72)16-24-8-10-25(57)11-9-24)44(69)50-27(12-13-33(47)58)40(65)52-30(17-34(48)59)41(66)54-31(21-73)45(70)56-14-6-7-32(56)43(68)53-28(15-22(2)3)39(64)49-18-36(62)71-19-35(60)61/h8-11,22-23,26-32,37,57,72-73H,5-7,12-21,46H2,1-4H3,(H2,47,58)(H2,48,59)(H,49,64)(H,50,69)(H,51,63)(H,52,65)(H,53,68)(H,54,66)(H,55,67)(H,60,61)/t23-,26-,27-,28-,29-,30-,31-,32-,37-/m0/s1. The predicted octanol–water partition coefficient (Wildman–Crippen LogP) is -4.00. The van der Waals surface area contributed by atoms with Gasteiger partial charge in [0.2, 0.25) is 59.1 Å². The molecule has 0 radical (unpaired) electrons. The normalized spacial score (nSPS) is 16.4. The zero-order valence-corrected chi connectivity index (χ0v) is 42.8. The summed E-state index contributed by atoms with van der Waals surface area (Å²) in [5, 5.41) is 35.8. The summed E-state index contributed by atoms with van der Waals surface area (Å²) in [5.41, 5.74) is 17.2. The highest BCUT2D eigenvalue weighted by Gasteiger charge is 2.40. The number of nitrogens with zero attached hydrogens (tertiary/aromatic N) is 1. The average molecular weight is 1070 g/mol. The highest BCUT2D eigenvalue weighted by atomic mass is 32.1. The lowest BCUT2D eigenvalue weighted by molar-refractivity contribution is -0.154. The van der Waals surface area contributed by atoms with Gasteiger partial charge in [0.05, 0.1) is 12.5 Å². The average Bonchev–Trinajstić information content (AvgIpc) is 3.84. The number of nitrogens with one attached hydrogen (secondary N) is 7. The third-order valence-corrected chi connectivity index (χ3v) is 12.2. The topological polar surface area (TPSA) is 420 Å². The van der Waals surface area contributed by atoms with Crippen molar-refractivity contribution in [1.82, 2.24) is 42.1 Å². The van der Waals surface area contributed by atoms with Crippen molar-refractivity contribution in [1.29, 1.82) is 0 Å². The van der Waals surface area contributed by atoms with Crippen LogP contribution >= 0.6 is 25.3 Å². The zero-order chi connectivity index (χ0) is 55.1. The molecule has 1 aliphatic rings. The van der Waals surface area contributed by atoms with Gasteiger partial charge in [-0.1, -0.05) is 46.2 Å². The van der Waals surface area contributed by atoms with Crippen LogP contribution in [0.3, 0.4) is 0 Å². The van der Waals surface area contributed by atoms with E-state index in [9.17, 15) is 62.6 Å². The van der Waals surface area contributed by atoms with Crippen LogP contribution in [0.2, 0.25) is 0 Å². The molecule has 1 fully saturated rings. The van der Waals surface area contributed by atoms with Crippen LogP contribution in [0.4, 0.5) is 0 Å². The highest BCUT2D eigenvalue weighted by Crippen LogP contribution is 2.20. The second kappa shape index (κ2) is 31.0. The first kappa shape index (κ1) is 62.4. The largest absolute Gasteiger partial charge is 0.508 e. The number of likely N-dealkylation sites (tertiary alicyclic amines) is 1. The first-order chi connectivity index (χ1) is 34.3. The van der Waals surface area contributed by atoms with Gasteiger partial charge in [-0.3, -0.25) is 52.7 Å². The van der Waals surface area contributed by atoms with E-state index in [4.69, 9.17) is 22.3 Å². The molecule has 2 rings (SSSR count). The number of ether oxygens (including phenoxy) is 1. The maximum Gasteiger partial charge on any atom is 0.341 e. The first-order valence-corrected chi connectivity index (χ1v) is 24.7. The van der Waals surface area contributed by atoms with E-state index in [1.165, 1.54) is 24.3 Å². The van der Waals surface area contributed by atoms with Gasteiger partial charge in [0.15, 0.2) is 6.61 Å². The molecule has 15 N–H and O–H groups in total. The molecule has 73 heavy (non-hydrogen) atoms. The molecule has 0 saturated carbocycles. The summed E-state index contributed by atoms with van der Waals surface area (Å²) in [4.78, 5) is 157. The molecule has 26 nitrogen and oxygen atoms in total. The number of nitrogens with two attached hydrogens (primary N) is 3. The van der Waals surface area contributed by atoms with Gasteiger partial charge in [0.1, 0.15) is 54.6 Å². The maximum atomic E-state index is 14.1. The third-order valence-electron chi connectivity index (χ3n) is 11.4. The molecule has 406 valence electrons. The van der Waals surface area contributed by atoms with Gasteiger partial charge >= 0.3 is 11.9 Å². The van der Waals surface area contributed by atoms with Crippen molar-refractivity contribution >= 4 is 96.3 Å². The van der Waals surface area contributed by atoms with Crippen LogP contribution in [0.5, 0.6) is 5.75 Å². The Morgan fingerprint density at radius 1 is 0.740 bits per heavy atom. The molecule has 1 saturated heterocycles. The number of rotatable bonds is 31. The number of esters is 1. The van der Waals surface area contributed by atoms with E-state index >= 15 is 0 Å². The molecule has 9 atom stereocenters. The van der Waals surface area contributed by atoms with E-state index in [2.05, 4.69) is 67.2 Å². The Kier molecular flexibility index (Phi) is 26.5. The van der Waals surface area contributed by atoms with E-state index in [-0.39, 0.29) is 49.0 Å². The Hall–Kier alpha value is -6.68. The number of benzene rings is 1. The lowest BCUT2D eigenvalue weighted by Crippen LogP contribution is -2.61. The SMILES string of the molecule is CC[C@H](C)[C@H](NC(=O)[C@H](Cc1ccc(O)cc1)NC(=O)[C@@H](N)CS)C(=O)N[C@@H](CCC(N)=O)C(=O)N[C@@H](CC(N)=O)C(=O)N[C@@H](CS)C(=O)N1CCC[C@H]1C(=O)N[C@@H](CC(C)C)C(=O)NCC(=O)OCC(=O)O. The number of aromatic hydroxyl groups is 1. The molecule has 1 aromatic rings. The fraction of sp³-hybridized carbons (Fsp3) is 0.600. The number of aliphatic carboxylic acids is 1. The smallest absolute Gasteiger partial charge is 0.341 e. The van der Waals surface area contributed by atoms with Crippen molar-refractivity contribution in [3.63, 3.8) is 0 Å². The number of primary amides is 2. The fourth-order valence-corrected chi connectivity index (χ4v) is 7.72. The van der Waals surface area contributed by atoms with Crippen molar-refractivity contribution in [2.45, 2.75) is 127 Å². The van der Waals surface area contributed by atoms with E-state index < -0.39 is 158 Å². The van der Waals surface area contributed by atoms with Crippen molar-refractivity contribution in [3.05, 3.63) is 29.8 Å². The number of hydrogen-bond acceptors (Lipinski definition) is 17. The van der Waals surface area contributed by atoms with Crippen LogP contribution in [0.25, 0.3) is 0 Å². The molecule has 0 aromatic heterocycles. The number of carbonyl (C=O) groups excluding carboxylic acids is 11. The summed E-state index contributed by atoms with van der Waals surface area (Å²) in [5.74, 6) is -12.6. The van der Waals surface area contributed by atoms with E-state index in [0.29, 0.717) is 18.4 Å². The first-order valence-electron chi connectivity index (χ1n) is 23.4. The van der Waals surface area contributed by atoms with E-state index in [1.807, 2.05) is 0 Å². The van der Waals surface area contributed by atoms with Crippen molar-refractivity contribution in [2.75, 3.05) is 31.2 Å². The molecular weight excluding hydrogens is 999 g/mol. The van der Waals surface area contributed by atoms with Crippen LogP contribution in [0.1, 0.15) is 78.2 Å². The molecule has 0 bridgehead atoms. The van der Waals surface area contributed by atoms with Crippen molar-refractivity contribution in [3.8, 4) is 5.75 Å². The molecule has 0 unspecified atom stereocenters. The van der Waals surface area contributed by atoms with Crippen molar-refractivity contribution in [2.24, 2.45) is 29.0 Å². The molecule has 1 heterocycles. The molecule has 1 aliphatic heterocycles. The summed E-state index contributed by atoms with van der Waals surface area (Å²) in [6.45, 7) is 5.30. The Morgan fingerprint density at radius 2 is 1.33 bits per heavy atom. The maximum absolute atomic E-state index is 14.1. The minimum Gasteiger partial charge on any atom is -0.508 e. The summed E-state index contributed by atoms with van der Waals surface area (Å²) >= 11 is 8.27. The number of amides is 10. The number of phenolic OH excluding ortho intramolecular Hbond substituents is 1. The predicted molar refractivity (Wildman–Crippen MR) is 267 cm³/mol. The number of carbonyl (C=O) groups is 12. The van der Waals surface area contributed by atoms with Crippen LogP contribution in [0.15, 0.2) is 24.3 Å². The minimum absolute atomic E-state index is 0.0340. The summed E-state index contributed by atoms with van der Waals surface area (Å²) in [6.07, 6.45) is -0.957. The van der Waals surface area contributed by atoms with Crippen LogP contribution in [0, 0.1) is 11.8 Å². The van der Waals surface area contributed by atoms with Crippen LogP contribution in [-0.2, 0) is 68.7 Å².